The molecule has 3 rings (SSSR count). The van der Waals surface area contributed by atoms with Crippen LogP contribution in [-0.2, 0) is 10.0 Å². The van der Waals surface area contributed by atoms with E-state index in [0.717, 1.165) is 19.1 Å². The van der Waals surface area contributed by atoms with E-state index in [-0.39, 0.29) is 5.56 Å². The quantitative estimate of drug-likeness (QED) is 0.545. The topological polar surface area (TPSA) is 91.9 Å². The van der Waals surface area contributed by atoms with Gasteiger partial charge in [0, 0.05) is 30.6 Å². The van der Waals surface area contributed by atoms with Crippen molar-refractivity contribution in [3.8, 4) is 0 Å². The van der Waals surface area contributed by atoms with Crippen LogP contribution < -0.4 is 4.72 Å². The lowest BCUT2D eigenvalue weighted by Gasteiger charge is -2.11. The van der Waals surface area contributed by atoms with Crippen LogP contribution in [0, 0.1) is 11.6 Å². The van der Waals surface area contributed by atoms with Crippen molar-refractivity contribution in [2.24, 2.45) is 0 Å². The van der Waals surface area contributed by atoms with Gasteiger partial charge in [0.05, 0.1) is 17.0 Å². The van der Waals surface area contributed by atoms with Crippen molar-refractivity contribution in [2.45, 2.75) is 13.3 Å². The Labute approximate surface area is 165 Å². The molecule has 10 heteroatoms. The van der Waals surface area contributed by atoms with E-state index in [1.165, 1.54) is 12.4 Å². The van der Waals surface area contributed by atoms with Gasteiger partial charge < -0.3 is 4.98 Å². The average Bonchev–Trinajstić information content (AvgIpc) is 2.98. The molecule has 0 amide bonds. The van der Waals surface area contributed by atoms with Gasteiger partial charge in [-0.15, -0.1) is 0 Å². The fourth-order valence-corrected chi connectivity index (χ4v) is 3.81. The maximum atomic E-state index is 14.9. The highest BCUT2D eigenvalue weighted by Gasteiger charge is 2.25. The largest absolute Gasteiger partial charge is 0.345 e. The van der Waals surface area contributed by atoms with Crippen molar-refractivity contribution in [1.82, 2.24) is 9.97 Å². The van der Waals surface area contributed by atoms with Crippen molar-refractivity contribution in [1.29, 1.82) is 0 Å². The summed E-state index contributed by atoms with van der Waals surface area (Å²) >= 11 is 3.21. The highest BCUT2D eigenvalue weighted by atomic mass is 79.9. The van der Waals surface area contributed by atoms with Crippen LogP contribution in [0.1, 0.15) is 32.0 Å². The van der Waals surface area contributed by atoms with Crippen LogP contribution in [0.2, 0.25) is 0 Å². The van der Waals surface area contributed by atoms with Crippen molar-refractivity contribution in [2.75, 3.05) is 10.5 Å². The number of aromatic nitrogens is 2. The summed E-state index contributed by atoms with van der Waals surface area (Å²) in [5.41, 5.74) is -1.31. The second-order valence-electron chi connectivity index (χ2n) is 5.58. The summed E-state index contributed by atoms with van der Waals surface area (Å²) in [5, 5.41) is 0.327. The number of ketones is 1. The van der Waals surface area contributed by atoms with Gasteiger partial charge in [0.15, 0.2) is 5.82 Å². The molecule has 2 aromatic heterocycles. The van der Waals surface area contributed by atoms with E-state index in [1.807, 2.05) is 4.72 Å². The van der Waals surface area contributed by atoms with Crippen LogP contribution >= 0.6 is 15.9 Å². The molecule has 0 aliphatic heterocycles. The van der Waals surface area contributed by atoms with Gasteiger partial charge in [0.1, 0.15) is 11.5 Å². The molecular weight excluding hydrogens is 444 g/mol. The van der Waals surface area contributed by atoms with Gasteiger partial charge in [-0.1, -0.05) is 6.92 Å². The minimum atomic E-state index is -4.29. The summed E-state index contributed by atoms with van der Waals surface area (Å²) in [6.07, 6.45) is 0.662. The molecule has 0 spiro atoms. The standard InChI is InChI=1S/C17H14BrF2N3O3S/c1-2-5-27(25,26)23-13-4-3-12(19)14(15(13)20)16(24)11-8-22-17-10(11)6-9(18)7-21-17/h3-4,6-8,23H,2,5H2,1H3,(H,21,22)/i2D2. The number of carbonyl (C=O) groups is 1. The summed E-state index contributed by atoms with van der Waals surface area (Å²) in [7, 11) is -4.29. The van der Waals surface area contributed by atoms with E-state index in [1.54, 1.807) is 6.07 Å². The molecule has 0 bridgehead atoms. The Morgan fingerprint density at radius 3 is 2.85 bits per heavy atom. The molecule has 6 nitrogen and oxygen atoms in total. The lowest BCUT2D eigenvalue weighted by Crippen LogP contribution is -2.18. The number of anilines is 1. The lowest BCUT2D eigenvalue weighted by molar-refractivity contribution is 0.103. The molecule has 0 saturated carbocycles. The van der Waals surface area contributed by atoms with Crippen LogP contribution in [0.4, 0.5) is 14.5 Å². The lowest BCUT2D eigenvalue weighted by atomic mass is 10.0. The third-order valence-corrected chi connectivity index (χ3v) is 5.29. The second-order valence-corrected chi connectivity index (χ2v) is 8.22. The molecule has 0 radical (unpaired) electrons. The highest BCUT2D eigenvalue weighted by Crippen LogP contribution is 2.28. The molecule has 1 aromatic carbocycles. The Morgan fingerprint density at radius 2 is 2.15 bits per heavy atom. The molecule has 0 fully saturated rings. The van der Waals surface area contributed by atoms with Crippen molar-refractivity contribution >= 4 is 48.5 Å². The Hall–Kier alpha value is -2.33. The molecular formula is C17H14BrF2N3O3S. The molecule has 0 aliphatic carbocycles. The van der Waals surface area contributed by atoms with Crippen molar-refractivity contribution < 1.29 is 24.7 Å². The normalized spacial score (nSPS) is 13.3. The number of halogens is 3. The third-order valence-electron chi connectivity index (χ3n) is 3.66. The fraction of sp³-hybridized carbons (Fsp3) is 0.176. The zero-order chi connectivity index (χ0) is 21.6. The number of rotatable bonds is 6. The van der Waals surface area contributed by atoms with E-state index in [9.17, 15) is 22.0 Å². The van der Waals surface area contributed by atoms with Crippen molar-refractivity contribution in [3.05, 3.63) is 57.8 Å². The van der Waals surface area contributed by atoms with Crippen LogP contribution in [0.15, 0.2) is 35.1 Å². The maximum Gasteiger partial charge on any atom is 0.232 e. The van der Waals surface area contributed by atoms with Gasteiger partial charge in [-0.3, -0.25) is 9.52 Å². The van der Waals surface area contributed by atoms with Crippen molar-refractivity contribution in [3.63, 3.8) is 0 Å². The minimum absolute atomic E-state index is 0.0449. The average molecular weight is 460 g/mol. The molecule has 142 valence electrons. The molecule has 0 aliphatic rings. The predicted octanol–water partition coefficient (Wildman–Crippen LogP) is 3.99. The molecule has 2 N–H and O–H groups in total. The first kappa shape index (κ1) is 16.8. The first-order valence-electron chi connectivity index (χ1n) is 8.54. The molecule has 0 saturated heterocycles. The number of benzene rings is 1. The fourth-order valence-electron chi connectivity index (χ4n) is 2.53. The maximum absolute atomic E-state index is 14.9. The number of sulfonamides is 1. The summed E-state index contributed by atoms with van der Waals surface area (Å²) in [4.78, 5) is 19.6. The number of hydrogen-bond donors (Lipinski definition) is 2. The second kappa shape index (κ2) is 7.35. The van der Waals surface area contributed by atoms with E-state index in [4.69, 9.17) is 2.74 Å². The predicted molar refractivity (Wildman–Crippen MR) is 101 cm³/mol. The first-order chi connectivity index (χ1) is 13.4. The first-order valence-corrected chi connectivity index (χ1v) is 9.98. The van der Waals surface area contributed by atoms with E-state index < -0.39 is 50.8 Å². The Morgan fingerprint density at radius 1 is 1.41 bits per heavy atom. The minimum Gasteiger partial charge on any atom is -0.345 e. The van der Waals surface area contributed by atoms with Gasteiger partial charge >= 0.3 is 0 Å². The van der Waals surface area contributed by atoms with E-state index in [0.29, 0.717) is 15.5 Å². The van der Waals surface area contributed by atoms with E-state index in [2.05, 4.69) is 25.9 Å². The Kier molecular flexibility index (Phi) is 4.58. The molecule has 3 aromatic rings. The molecule has 0 unspecified atom stereocenters. The number of fused-ring (bicyclic) bond motifs is 1. The van der Waals surface area contributed by atoms with Gasteiger partial charge in [0.2, 0.25) is 15.8 Å². The van der Waals surface area contributed by atoms with Gasteiger partial charge in [0.25, 0.3) is 0 Å². The SMILES string of the molecule is [2H]C([2H])(C)CS(=O)(=O)Nc1ccc(F)c(C(=O)c2c[nH]c3ncc(Br)cc23)c1F. The summed E-state index contributed by atoms with van der Waals surface area (Å²) in [5.74, 6) is -4.51. The number of nitrogens with zero attached hydrogens (tertiary/aromatic N) is 1. The highest BCUT2D eigenvalue weighted by molar-refractivity contribution is 9.10. The number of carbonyl (C=O) groups excluding carboxylic acids is 1. The van der Waals surface area contributed by atoms with Crippen LogP contribution in [0.5, 0.6) is 0 Å². The number of H-pyrrole nitrogens is 1. The summed E-state index contributed by atoms with van der Waals surface area (Å²) in [6, 6.07) is 3.15. The van der Waals surface area contributed by atoms with Gasteiger partial charge in [-0.05, 0) is 40.5 Å². The van der Waals surface area contributed by atoms with Crippen LogP contribution in [0.25, 0.3) is 11.0 Å². The number of aromatic amines is 1. The monoisotopic (exact) mass is 459 g/mol. The van der Waals surface area contributed by atoms with Crippen LogP contribution in [-0.4, -0.2) is 29.9 Å². The zero-order valence-electron chi connectivity index (χ0n) is 15.8. The van der Waals surface area contributed by atoms with Crippen LogP contribution in [0.3, 0.4) is 0 Å². The smallest absolute Gasteiger partial charge is 0.232 e. The molecule has 0 atom stereocenters. The third kappa shape index (κ3) is 3.86. The number of nitrogens with one attached hydrogen (secondary N) is 2. The van der Waals surface area contributed by atoms with Gasteiger partial charge in [-0.25, -0.2) is 22.2 Å². The summed E-state index contributed by atoms with van der Waals surface area (Å²) in [6.45, 7) is 1.05. The zero-order valence-corrected chi connectivity index (χ0v) is 16.2. The number of hydrogen-bond acceptors (Lipinski definition) is 4. The Bertz CT molecular complexity index is 1230. The molecule has 27 heavy (non-hydrogen) atoms. The molecule has 2 heterocycles. The van der Waals surface area contributed by atoms with Gasteiger partial charge in [-0.2, -0.15) is 0 Å². The summed E-state index contributed by atoms with van der Waals surface area (Å²) < 4.78 is 70.5. The number of pyridine rings is 1. The van der Waals surface area contributed by atoms with E-state index >= 15 is 0 Å². The Balaban J connectivity index is 2.05.